The number of nitrogens with one attached hydrogen (secondary N) is 1. The molecule has 1 N–H and O–H groups in total. The van der Waals surface area contributed by atoms with Gasteiger partial charge in [0.2, 0.25) is 0 Å². The molecule has 14 heavy (non-hydrogen) atoms. The van der Waals surface area contributed by atoms with E-state index in [-0.39, 0.29) is 4.90 Å². The number of rotatable bonds is 0. The van der Waals surface area contributed by atoms with Crippen LogP contribution in [0.3, 0.4) is 0 Å². The maximum atomic E-state index is 12.3. The fourth-order valence-corrected chi connectivity index (χ4v) is 1.51. The molecule has 2 aromatic rings. The summed E-state index contributed by atoms with van der Waals surface area (Å²) >= 11 is 3.94. The van der Waals surface area contributed by atoms with Gasteiger partial charge in [-0.2, -0.15) is 13.2 Å². The number of hydrogen-bond donors (Lipinski definition) is 2. The van der Waals surface area contributed by atoms with Crippen LogP contribution in [0.15, 0.2) is 23.4 Å². The molecule has 0 aliphatic heterocycles. The van der Waals surface area contributed by atoms with E-state index < -0.39 is 11.7 Å². The molecule has 1 aromatic carbocycles. The number of nitrogens with zero attached hydrogens (tertiary/aromatic N) is 1. The van der Waals surface area contributed by atoms with Crippen LogP contribution in [0.2, 0.25) is 0 Å². The fraction of sp³-hybridized carbons (Fsp3) is 0.125. The summed E-state index contributed by atoms with van der Waals surface area (Å²) in [6, 6.07) is 1.98. The van der Waals surface area contributed by atoms with Gasteiger partial charge in [-0.15, -0.1) is 12.6 Å². The van der Waals surface area contributed by atoms with E-state index in [2.05, 4.69) is 22.6 Å². The first-order chi connectivity index (χ1) is 6.48. The third-order valence-electron chi connectivity index (χ3n) is 1.83. The van der Waals surface area contributed by atoms with Gasteiger partial charge in [0.05, 0.1) is 17.4 Å². The normalized spacial score (nSPS) is 12.3. The maximum absolute atomic E-state index is 12.3. The standard InChI is InChI=1S/C8H5F3N2S/c9-8(10,11)4-1-5-7(6(14)2-4)13-3-12-5/h1-3,14H,(H,12,13). The van der Waals surface area contributed by atoms with Gasteiger partial charge in [0.15, 0.2) is 0 Å². The molecule has 0 unspecified atom stereocenters. The molecule has 6 heteroatoms. The number of hydrogen-bond acceptors (Lipinski definition) is 2. The zero-order chi connectivity index (χ0) is 10.3. The first-order valence-corrected chi connectivity index (χ1v) is 4.16. The first kappa shape index (κ1) is 9.39. The van der Waals surface area contributed by atoms with Gasteiger partial charge in [-0.3, -0.25) is 0 Å². The van der Waals surface area contributed by atoms with Crippen molar-refractivity contribution in [3.05, 3.63) is 24.0 Å². The highest BCUT2D eigenvalue weighted by Gasteiger charge is 2.31. The van der Waals surface area contributed by atoms with Crippen LogP contribution < -0.4 is 0 Å². The molecule has 0 spiro atoms. The van der Waals surface area contributed by atoms with Gasteiger partial charge in [0, 0.05) is 4.90 Å². The van der Waals surface area contributed by atoms with E-state index >= 15 is 0 Å². The van der Waals surface area contributed by atoms with Crippen molar-refractivity contribution in [2.45, 2.75) is 11.1 Å². The molecular weight excluding hydrogens is 213 g/mol. The number of imidazole rings is 1. The van der Waals surface area contributed by atoms with E-state index in [4.69, 9.17) is 0 Å². The summed E-state index contributed by atoms with van der Waals surface area (Å²) < 4.78 is 37.0. The van der Waals surface area contributed by atoms with Crippen molar-refractivity contribution in [3.63, 3.8) is 0 Å². The zero-order valence-corrected chi connectivity index (χ0v) is 7.65. The van der Waals surface area contributed by atoms with Crippen molar-refractivity contribution < 1.29 is 13.2 Å². The van der Waals surface area contributed by atoms with Crippen LogP contribution in [0.25, 0.3) is 11.0 Å². The lowest BCUT2D eigenvalue weighted by molar-refractivity contribution is -0.137. The van der Waals surface area contributed by atoms with Gasteiger partial charge < -0.3 is 4.98 Å². The van der Waals surface area contributed by atoms with E-state index in [1.165, 1.54) is 6.33 Å². The monoisotopic (exact) mass is 218 g/mol. The molecular formula is C8H5F3N2S. The van der Waals surface area contributed by atoms with Gasteiger partial charge in [-0.25, -0.2) is 4.98 Å². The molecule has 0 amide bonds. The number of alkyl halides is 3. The number of H-pyrrole nitrogens is 1. The van der Waals surface area contributed by atoms with Gasteiger partial charge in [-0.05, 0) is 12.1 Å². The molecule has 1 aromatic heterocycles. The van der Waals surface area contributed by atoms with Crippen molar-refractivity contribution in [1.82, 2.24) is 9.97 Å². The Hall–Kier alpha value is -1.17. The van der Waals surface area contributed by atoms with Crippen LogP contribution in [0, 0.1) is 0 Å². The molecule has 0 aliphatic rings. The van der Waals surface area contributed by atoms with Crippen LogP contribution in [0.5, 0.6) is 0 Å². The smallest absolute Gasteiger partial charge is 0.345 e. The highest BCUT2D eigenvalue weighted by molar-refractivity contribution is 7.80. The SMILES string of the molecule is FC(F)(F)c1cc(S)c2nc[nH]c2c1. The second-order valence-electron chi connectivity index (χ2n) is 2.79. The van der Waals surface area contributed by atoms with Crippen LogP contribution in [0.4, 0.5) is 13.2 Å². The van der Waals surface area contributed by atoms with Gasteiger partial charge in [0.25, 0.3) is 0 Å². The number of halogens is 3. The molecule has 0 aliphatic carbocycles. The van der Waals surface area contributed by atoms with Gasteiger partial charge in [0.1, 0.15) is 5.52 Å². The Bertz CT molecular complexity index is 475. The molecule has 74 valence electrons. The Morgan fingerprint density at radius 1 is 1.29 bits per heavy atom. The minimum absolute atomic E-state index is 0.219. The zero-order valence-electron chi connectivity index (χ0n) is 6.76. The summed E-state index contributed by atoms with van der Waals surface area (Å²) in [5.74, 6) is 0. The topological polar surface area (TPSA) is 28.7 Å². The third kappa shape index (κ3) is 1.45. The lowest BCUT2D eigenvalue weighted by Gasteiger charge is -2.06. The van der Waals surface area contributed by atoms with Crippen molar-refractivity contribution >= 4 is 23.7 Å². The van der Waals surface area contributed by atoms with Crippen LogP contribution in [0.1, 0.15) is 5.56 Å². The summed E-state index contributed by atoms with van der Waals surface area (Å²) in [6.45, 7) is 0. The van der Waals surface area contributed by atoms with E-state index in [1.807, 2.05) is 0 Å². The van der Waals surface area contributed by atoms with Crippen molar-refractivity contribution in [2.24, 2.45) is 0 Å². The van der Waals surface area contributed by atoms with E-state index in [9.17, 15) is 13.2 Å². The van der Waals surface area contributed by atoms with E-state index in [1.54, 1.807) is 0 Å². The molecule has 0 atom stereocenters. The van der Waals surface area contributed by atoms with Crippen molar-refractivity contribution in [1.29, 1.82) is 0 Å². The molecule has 0 saturated carbocycles. The van der Waals surface area contributed by atoms with E-state index in [0.717, 1.165) is 12.1 Å². The Balaban J connectivity index is 2.70. The Morgan fingerprint density at radius 3 is 2.64 bits per heavy atom. The quantitative estimate of drug-likeness (QED) is 0.654. The largest absolute Gasteiger partial charge is 0.416 e. The molecule has 0 saturated heterocycles. The summed E-state index contributed by atoms with van der Waals surface area (Å²) in [6.07, 6.45) is -3.01. The fourth-order valence-electron chi connectivity index (χ4n) is 1.19. The summed E-state index contributed by atoms with van der Waals surface area (Å²) in [5.41, 5.74) is 0.0606. The number of fused-ring (bicyclic) bond motifs is 1. The molecule has 1 heterocycles. The maximum Gasteiger partial charge on any atom is 0.416 e. The molecule has 0 radical (unpaired) electrons. The summed E-state index contributed by atoms with van der Waals surface area (Å²) in [7, 11) is 0. The van der Waals surface area contributed by atoms with Crippen molar-refractivity contribution in [2.75, 3.05) is 0 Å². The Kier molecular flexibility index (Phi) is 1.95. The molecule has 2 rings (SSSR count). The number of thiol groups is 1. The predicted octanol–water partition coefficient (Wildman–Crippen LogP) is 2.87. The van der Waals surface area contributed by atoms with Gasteiger partial charge >= 0.3 is 6.18 Å². The predicted molar refractivity (Wildman–Crippen MR) is 48.3 cm³/mol. The minimum Gasteiger partial charge on any atom is -0.345 e. The third-order valence-corrected chi connectivity index (χ3v) is 2.17. The number of aromatic amines is 1. The number of aromatic nitrogens is 2. The highest BCUT2D eigenvalue weighted by atomic mass is 32.1. The van der Waals surface area contributed by atoms with Crippen LogP contribution in [-0.2, 0) is 6.18 Å². The second kappa shape index (κ2) is 2.91. The van der Waals surface area contributed by atoms with Gasteiger partial charge in [-0.1, -0.05) is 0 Å². The van der Waals surface area contributed by atoms with Crippen LogP contribution in [-0.4, -0.2) is 9.97 Å². The minimum atomic E-state index is -4.35. The molecule has 0 fully saturated rings. The Morgan fingerprint density at radius 2 is 2.00 bits per heavy atom. The van der Waals surface area contributed by atoms with Crippen LogP contribution >= 0.6 is 12.6 Å². The Labute approximate surface area is 82.6 Å². The number of benzene rings is 1. The highest BCUT2D eigenvalue weighted by Crippen LogP contribution is 2.33. The van der Waals surface area contributed by atoms with Crippen molar-refractivity contribution in [3.8, 4) is 0 Å². The first-order valence-electron chi connectivity index (χ1n) is 3.72. The molecule has 2 nitrogen and oxygen atoms in total. The summed E-state index contributed by atoms with van der Waals surface area (Å²) in [5, 5.41) is 0. The van der Waals surface area contributed by atoms with E-state index in [0.29, 0.717) is 11.0 Å². The lowest BCUT2D eigenvalue weighted by Crippen LogP contribution is -2.04. The average molecular weight is 218 g/mol. The lowest BCUT2D eigenvalue weighted by atomic mass is 10.2. The summed E-state index contributed by atoms with van der Waals surface area (Å²) in [4.78, 5) is 6.67. The average Bonchev–Trinajstić information content (AvgIpc) is 2.50. The molecule has 0 bridgehead atoms. The second-order valence-corrected chi connectivity index (χ2v) is 3.27.